The van der Waals surface area contributed by atoms with Crippen LogP contribution in [0.3, 0.4) is 0 Å². The molecule has 0 bridgehead atoms. The van der Waals surface area contributed by atoms with Gasteiger partial charge in [0.05, 0.1) is 44.0 Å². The minimum absolute atomic E-state index is 0.107. The molecular formula is C23H30FN3O4. The predicted octanol–water partition coefficient (Wildman–Crippen LogP) is 2.09. The van der Waals surface area contributed by atoms with E-state index in [-0.39, 0.29) is 17.6 Å². The summed E-state index contributed by atoms with van der Waals surface area (Å²) < 4.78 is 30.9. The Morgan fingerprint density at radius 2 is 1.90 bits per heavy atom. The number of benzene rings is 1. The van der Waals surface area contributed by atoms with Gasteiger partial charge in [-0.05, 0) is 18.2 Å². The Balaban J connectivity index is 1.41. The van der Waals surface area contributed by atoms with Crippen LogP contribution in [0.2, 0.25) is 0 Å². The first-order chi connectivity index (χ1) is 15.2. The second-order valence-corrected chi connectivity index (χ2v) is 8.04. The Bertz CT molecular complexity index is 826. The topological polar surface area (TPSA) is 58.4 Å². The standard InChI is InChI=1S/C23H30FN3O4/c24-22-4-2-1-3-21(22)23(28)27(7-6-25-8-12-29-13-9-25)17-20-16-26(10-14-31-20)15-19-5-11-30-18-19/h1-5,11,18,20H,6-10,12-17H2. The number of carbonyl (C=O) groups excluding carboxylic acids is 1. The third-order valence-corrected chi connectivity index (χ3v) is 5.81. The van der Waals surface area contributed by atoms with Gasteiger partial charge in [-0.1, -0.05) is 12.1 Å². The van der Waals surface area contributed by atoms with Gasteiger partial charge < -0.3 is 18.8 Å². The molecule has 1 amide bonds. The summed E-state index contributed by atoms with van der Waals surface area (Å²) in [7, 11) is 0. The molecule has 2 fully saturated rings. The fourth-order valence-corrected chi connectivity index (χ4v) is 4.09. The van der Waals surface area contributed by atoms with Crippen molar-refractivity contribution in [1.82, 2.24) is 14.7 Å². The van der Waals surface area contributed by atoms with E-state index in [0.717, 1.165) is 38.3 Å². The highest BCUT2D eigenvalue weighted by atomic mass is 19.1. The monoisotopic (exact) mass is 431 g/mol. The second-order valence-electron chi connectivity index (χ2n) is 8.04. The minimum Gasteiger partial charge on any atom is -0.472 e. The molecule has 1 aromatic heterocycles. The number of amides is 1. The van der Waals surface area contributed by atoms with E-state index in [4.69, 9.17) is 13.9 Å². The van der Waals surface area contributed by atoms with Gasteiger partial charge >= 0.3 is 0 Å². The molecule has 4 rings (SSSR count). The summed E-state index contributed by atoms with van der Waals surface area (Å²) in [5.74, 6) is -0.781. The molecule has 2 aromatic rings. The number of hydrogen-bond acceptors (Lipinski definition) is 6. The average Bonchev–Trinajstić information content (AvgIpc) is 3.30. The molecule has 0 spiro atoms. The molecule has 7 nitrogen and oxygen atoms in total. The van der Waals surface area contributed by atoms with Gasteiger partial charge in [0.15, 0.2) is 0 Å². The number of hydrogen-bond donors (Lipinski definition) is 0. The quantitative estimate of drug-likeness (QED) is 0.638. The largest absolute Gasteiger partial charge is 0.472 e. The number of carbonyl (C=O) groups is 1. The summed E-state index contributed by atoms with van der Waals surface area (Å²) in [6.45, 7) is 7.72. The number of halogens is 1. The lowest BCUT2D eigenvalue weighted by Gasteiger charge is -2.36. The lowest BCUT2D eigenvalue weighted by Crippen LogP contribution is -2.50. The van der Waals surface area contributed by atoms with Gasteiger partial charge in [-0.2, -0.15) is 0 Å². The zero-order valence-electron chi connectivity index (χ0n) is 17.7. The van der Waals surface area contributed by atoms with Gasteiger partial charge in [0, 0.05) is 57.9 Å². The third kappa shape index (κ3) is 6.13. The Labute approximate surface area is 182 Å². The van der Waals surface area contributed by atoms with Gasteiger partial charge in [0.25, 0.3) is 5.91 Å². The van der Waals surface area contributed by atoms with Crippen molar-refractivity contribution in [1.29, 1.82) is 0 Å². The molecule has 2 saturated heterocycles. The first kappa shape index (κ1) is 22.0. The summed E-state index contributed by atoms with van der Waals surface area (Å²) in [6.07, 6.45) is 3.30. The molecule has 1 atom stereocenters. The summed E-state index contributed by atoms with van der Waals surface area (Å²) in [6, 6.07) is 8.13. The minimum atomic E-state index is -0.491. The molecule has 0 radical (unpaired) electrons. The van der Waals surface area contributed by atoms with Crippen LogP contribution in [0.4, 0.5) is 4.39 Å². The average molecular weight is 432 g/mol. The van der Waals surface area contributed by atoms with Crippen LogP contribution in [0.5, 0.6) is 0 Å². The van der Waals surface area contributed by atoms with Crippen molar-refractivity contribution >= 4 is 5.91 Å². The predicted molar refractivity (Wildman–Crippen MR) is 113 cm³/mol. The molecule has 0 saturated carbocycles. The van der Waals surface area contributed by atoms with Gasteiger partial charge in [0.1, 0.15) is 5.82 Å². The summed E-state index contributed by atoms with van der Waals surface area (Å²) in [5.41, 5.74) is 1.22. The van der Waals surface area contributed by atoms with Crippen molar-refractivity contribution < 1.29 is 23.1 Å². The van der Waals surface area contributed by atoms with E-state index >= 15 is 0 Å². The van der Waals surface area contributed by atoms with E-state index in [1.165, 1.54) is 6.07 Å². The maximum atomic E-state index is 14.3. The normalized spacial score (nSPS) is 20.6. The molecule has 8 heteroatoms. The number of ether oxygens (including phenoxy) is 2. The van der Waals surface area contributed by atoms with Crippen LogP contribution >= 0.6 is 0 Å². The Hall–Kier alpha value is -2.26. The van der Waals surface area contributed by atoms with Crippen molar-refractivity contribution in [3.63, 3.8) is 0 Å². The highest BCUT2D eigenvalue weighted by Crippen LogP contribution is 2.15. The van der Waals surface area contributed by atoms with Crippen LogP contribution in [0.25, 0.3) is 0 Å². The Morgan fingerprint density at radius 3 is 2.68 bits per heavy atom. The molecule has 3 heterocycles. The summed E-state index contributed by atoms with van der Waals surface area (Å²) >= 11 is 0. The zero-order valence-corrected chi connectivity index (χ0v) is 17.7. The molecule has 0 N–H and O–H groups in total. The zero-order chi connectivity index (χ0) is 21.5. The van der Waals surface area contributed by atoms with Crippen LogP contribution in [-0.4, -0.2) is 92.3 Å². The van der Waals surface area contributed by atoms with Gasteiger partial charge in [-0.25, -0.2) is 4.39 Å². The molecule has 31 heavy (non-hydrogen) atoms. The highest BCUT2D eigenvalue weighted by molar-refractivity contribution is 5.94. The Morgan fingerprint density at radius 1 is 1.10 bits per heavy atom. The second kappa shape index (κ2) is 10.9. The van der Waals surface area contributed by atoms with E-state index in [0.29, 0.717) is 39.5 Å². The van der Waals surface area contributed by atoms with Crippen LogP contribution in [0.1, 0.15) is 15.9 Å². The van der Waals surface area contributed by atoms with Crippen LogP contribution in [-0.2, 0) is 16.0 Å². The number of nitrogens with zero attached hydrogens (tertiary/aromatic N) is 3. The first-order valence-corrected chi connectivity index (χ1v) is 10.9. The van der Waals surface area contributed by atoms with E-state index in [1.807, 2.05) is 6.07 Å². The fraction of sp³-hybridized carbons (Fsp3) is 0.522. The number of morpholine rings is 2. The summed E-state index contributed by atoms with van der Waals surface area (Å²) in [5, 5.41) is 0. The Kier molecular flexibility index (Phi) is 7.69. The fourth-order valence-electron chi connectivity index (χ4n) is 4.09. The molecule has 2 aliphatic heterocycles. The highest BCUT2D eigenvalue weighted by Gasteiger charge is 2.27. The van der Waals surface area contributed by atoms with Crippen molar-refractivity contribution in [2.45, 2.75) is 12.6 Å². The van der Waals surface area contributed by atoms with Gasteiger partial charge in [-0.3, -0.25) is 14.6 Å². The molecular weight excluding hydrogens is 401 g/mol. The van der Waals surface area contributed by atoms with E-state index in [1.54, 1.807) is 35.6 Å². The molecule has 0 aliphatic carbocycles. The molecule has 1 aromatic carbocycles. The third-order valence-electron chi connectivity index (χ3n) is 5.81. The van der Waals surface area contributed by atoms with E-state index in [9.17, 15) is 9.18 Å². The maximum Gasteiger partial charge on any atom is 0.256 e. The van der Waals surface area contributed by atoms with E-state index < -0.39 is 5.82 Å². The van der Waals surface area contributed by atoms with Gasteiger partial charge in [0.2, 0.25) is 0 Å². The van der Waals surface area contributed by atoms with Crippen molar-refractivity contribution in [2.24, 2.45) is 0 Å². The number of furan rings is 1. The van der Waals surface area contributed by atoms with Crippen LogP contribution in [0.15, 0.2) is 47.3 Å². The lowest BCUT2D eigenvalue weighted by molar-refractivity contribution is -0.0444. The number of rotatable bonds is 8. The van der Waals surface area contributed by atoms with Crippen molar-refractivity contribution in [3.05, 3.63) is 59.8 Å². The van der Waals surface area contributed by atoms with Crippen molar-refractivity contribution in [2.75, 3.05) is 65.6 Å². The van der Waals surface area contributed by atoms with E-state index in [2.05, 4.69) is 9.80 Å². The van der Waals surface area contributed by atoms with Gasteiger partial charge in [-0.15, -0.1) is 0 Å². The van der Waals surface area contributed by atoms with Crippen LogP contribution in [0, 0.1) is 5.82 Å². The van der Waals surface area contributed by atoms with Crippen LogP contribution < -0.4 is 0 Å². The molecule has 2 aliphatic rings. The molecule has 168 valence electrons. The summed E-state index contributed by atoms with van der Waals surface area (Å²) in [4.78, 5) is 19.5. The first-order valence-electron chi connectivity index (χ1n) is 10.9. The SMILES string of the molecule is O=C(c1ccccc1F)N(CCN1CCOCC1)CC1CN(Cc2ccoc2)CCO1. The van der Waals surface area contributed by atoms with Crippen molar-refractivity contribution in [3.8, 4) is 0 Å². The smallest absolute Gasteiger partial charge is 0.256 e. The maximum absolute atomic E-state index is 14.3. The molecule has 1 unspecified atom stereocenters. The lowest BCUT2D eigenvalue weighted by atomic mass is 10.1.